The van der Waals surface area contributed by atoms with E-state index in [1.165, 1.54) is 7.11 Å². The van der Waals surface area contributed by atoms with Gasteiger partial charge < -0.3 is 19.9 Å². The van der Waals surface area contributed by atoms with Gasteiger partial charge in [-0.1, -0.05) is 6.42 Å². The fourth-order valence-corrected chi connectivity index (χ4v) is 2.30. The van der Waals surface area contributed by atoms with Crippen molar-refractivity contribution in [3.05, 3.63) is 0 Å². The predicted molar refractivity (Wildman–Crippen MR) is 68.8 cm³/mol. The monoisotopic (exact) mass is 273 g/mol. The normalized spacial score (nSPS) is 18.4. The van der Waals surface area contributed by atoms with E-state index in [-0.39, 0.29) is 12.3 Å². The Morgan fingerprint density at radius 2 is 1.89 bits per heavy atom. The largest absolute Gasteiger partial charge is 0.480 e. The molecule has 0 saturated heterocycles. The number of carboxylic acid groups (broad SMARTS) is 1. The Bertz CT molecular complexity index is 314. The molecule has 0 aromatic carbocycles. The van der Waals surface area contributed by atoms with Crippen LogP contribution < -0.4 is 5.32 Å². The Hall–Kier alpha value is -1.14. The molecule has 2 N–H and O–H groups in total. The molecular weight excluding hydrogens is 250 g/mol. The maximum Gasteiger partial charge on any atom is 0.326 e. The van der Waals surface area contributed by atoms with E-state index < -0.39 is 17.4 Å². The molecule has 6 heteroatoms. The van der Waals surface area contributed by atoms with Crippen LogP contribution in [0.5, 0.6) is 0 Å². The third-order valence-corrected chi connectivity index (χ3v) is 3.79. The van der Waals surface area contributed by atoms with Crippen LogP contribution >= 0.6 is 0 Å². The lowest BCUT2D eigenvalue weighted by atomic mass is 9.66. The second-order valence-corrected chi connectivity index (χ2v) is 5.02. The summed E-state index contributed by atoms with van der Waals surface area (Å²) >= 11 is 0. The van der Waals surface area contributed by atoms with Gasteiger partial charge in [-0.15, -0.1) is 0 Å². The molecule has 1 rings (SSSR count). The Balaban J connectivity index is 2.56. The summed E-state index contributed by atoms with van der Waals surface area (Å²) in [7, 11) is 3.11. The number of rotatable bonds is 9. The van der Waals surface area contributed by atoms with Crippen LogP contribution in [0, 0.1) is 5.41 Å². The van der Waals surface area contributed by atoms with Crippen molar-refractivity contribution in [1.82, 2.24) is 5.32 Å². The molecule has 0 aliphatic heterocycles. The predicted octanol–water partition coefficient (Wildman–Crippen LogP) is 0.799. The minimum Gasteiger partial charge on any atom is -0.480 e. The van der Waals surface area contributed by atoms with E-state index in [0.29, 0.717) is 19.6 Å². The molecule has 0 aromatic heterocycles. The van der Waals surface area contributed by atoms with Gasteiger partial charge in [0.05, 0.1) is 5.41 Å². The second-order valence-electron chi connectivity index (χ2n) is 5.02. The number of carbonyl (C=O) groups excluding carboxylic acids is 1. The lowest BCUT2D eigenvalue weighted by Gasteiger charge is -2.40. The molecule has 0 spiro atoms. The van der Waals surface area contributed by atoms with E-state index in [1.807, 2.05) is 0 Å². The minimum atomic E-state index is -1.02. The molecule has 1 atom stereocenters. The van der Waals surface area contributed by atoms with Gasteiger partial charge in [0.25, 0.3) is 0 Å². The number of carbonyl (C=O) groups is 2. The molecule has 1 aliphatic carbocycles. The van der Waals surface area contributed by atoms with Crippen molar-refractivity contribution < 1.29 is 24.2 Å². The molecule has 0 radical (unpaired) electrons. The summed E-state index contributed by atoms with van der Waals surface area (Å²) in [6.45, 7) is 0.825. The van der Waals surface area contributed by atoms with E-state index >= 15 is 0 Å². The van der Waals surface area contributed by atoms with Gasteiger partial charge in [-0.2, -0.15) is 0 Å². The van der Waals surface area contributed by atoms with Crippen LogP contribution in [0.4, 0.5) is 0 Å². The van der Waals surface area contributed by atoms with E-state index in [2.05, 4.69) is 5.32 Å². The Labute approximate surface area is 113 Å². The first-order valence-electron chi connectivity index (χ1n) is 6.57. The number of amides is 1. The van der Waals surface area contributed by atoms with Crippen molar-refractivity contribution in [3.63, 3.8) is 0 Å². The standard InChI is InChI=1S/C13H23NO5/c1-18-8-4-10(11(15)16)14-12(17)13(5-3-6-13)7-9-19-2/h10H,3-9H2,1-2H3,(H,14,17)(H,15,16). The van der Waals surface area contributed by atoms with Gasteiger partial charge in [0, 0.05) is 33.9 Å². The van der Waals surface area contributed by atoms with Crippen LogP contribution in [0.3, 0.4) is 0 Å². The first kappa shape index (κ1) is 15.9. The van der Waals surface area contributed by atoms with Gasteiger partial charge in [0.1, 0.15) is 6.04 Å². The zero-order valence-electron chi connectivity index (χ0n) is 11.6. The van der Waals surface area contributed by atoms with Crippen LogP contribution in [-0.2, 0) is 19.1 Å². The molecule has 110 valence electrons. The average molecular weight is 273 g/mol. The highest BCUT2D eigenvalue weighted by molar-refractivity contribution is 5.88. The van der Waals surface area contributed by atoms with Crippen molar-refractivity contribution in [2.45, 2.75) is 38.1 Å². The molecule has 1 saturated carbocycles. The maximum absolute atomic E-state index is 12.3. The molecule has 0 aromatic rings. The van der Waals surface area contributed by atoms with Crippen molar-refractivity contribution in [1.29, 1.82) is 0 Å². The lowest BCUT2D eigenvalue weighted by molar-refractivity contribution is -0.147. The van der Waals surface area contributed by atoms with Crippen LogP contribution in [0.25, 0.3) is 0 Å². The van der Waals surface area contributed by atoms with Gasteiger partial charge in [0.2, 0.25) is 5.91 Å². The molecule has 0 bridgehead atoms. The molecule has 1 unspecified atom stereocenters. The van der Waals surface area contributed by atoms with Gasteiger partial charge in [-0.05, 0) is 19.3 Å². The number of methoxy groups -OCH3 is 2. The third-order valence-electron chi connectivity index (χ3n) is 3.79. The van der Waals surface area contributed by atoms with Crippen molar-refractivity contribution in [3.8, 4) is 0 Å². The summed E-state index contributed by atoms with van der Waals surface area (Å²) < 4.78 is 9.88. The van der Waals surface area contributed by atoms with Crippen molar-refractivity contribution in [2.24, 2.45) is 5.41 Å². The number of carboxylic acids is 1. The van der Waals surface area contributed by atoms with E-state index in [0.717, 1.165) is 19.3 Å². The fraction of sp³-hybridized carbons (Fsp3) is 0.846. The SMILES string of the molecule is COCCC(NC(=O)C1(CCOC)CCC1)C(=O)O. The summed E-state index contributed by atoms with van der Waals surface area (Å²) in [4.78, 5) is 23.4. The average Bonchev–Trinajstić information content (AvgIpc) is 2.32. The zero-order valence-corrected chi connectivity index (χ0v) is 11.6. The number of ether oxygens (including phenoxy) is 2. The fourth-order valence-electron chi connectivity index (χ4n) is 2.30. The molecule has 19 heavy (non-hydrogen) atoms. The molecule has 1 amide bonds. The number of aliphatic carboxylic acids is 1. The molecule has 6 nitrogen and oxygen atoms in total. The lowest BCUT2D eigenvalue weighted by Crippen LogP contribution is -2.52. The Morgan fingerprint density at radius 3 is 2.32 bits per heavy atom. The van der Waals surface area contributed by atoms with Gasteiger partial charge in [-0.3, -0.25) is 4.79 Å². The summed E-state index contributed by atoms with van der Waals surface area (Å²) in [6, 6.07) is -0.882. The summed E-state index contributed by atoms with van der Waals surface area (Å²) in [5.74, 6) is -1.19. The second kappa shape index (κ2) is 7.45. The quantitative estimate of drug-likeness (QED) is 0.649. The number of hydrogen-bond acceptors (Lipinski definition) is 4. The van der Waals surface area contributed by atoms with Crippen LogP contribution in [0.15, 0.2) is 0 Å². The highest BCUT2D eigenvalue weighted by Gasteiger charge is 2.44. The first-order chi connectivity index (χ1) is 9.05. The zero-order chi connectivity index (χ0) is 14.3. The summed E-state index contributed by atoms with van der Waals surface area (Å²) in [5, 5.41) is 11.7. The summed E-state index contributed by atoms with van der Waals surface area (Å²) in [6.07, 6.45) is 3.54. The van der Waals surface area contributed by atoms with Crippen LogP contribution in [-0.4, -0.2) is 50.5 Å². The highest BCUT2D eigenvalue weighted by Crippen LogP contribution is 2.44. The molecule has 1 fully saturated rings. The van der Waals surface area contributed by atoms with Gasteiger partial charge in [-0.25, -0.2) is 4.79 Å². The minimum absolute atomic E-state index is 0.167. The highest BCUT2D eigenvalue weighted by atomic mass is 16.5. The molecular formula is C13H23NO5. The van der Waals surface area contributed by atoms with Gasteiger partial charge >= 0.3 is 5.97 Å². The van der Waals surface area contributed by atoms with E-state index in [9.17, 15) is 9.59 Å². The third kappa shape index (κ3) is 4.18. The van der Waals surface area contributed by atoms with Crippen molar-refractivity contribution >= 4 is 11.9 Å². The van der Waals surface area contributed by atoms with Crippen LogP contribution in [0.2, 0.25) is 0 Å². The Morgan fingerprint density at radius 1 is 1.26 bits per heavy atom. The number of nitrogens with one attached hydrogen (secondary N) is 1. The van der Waals surface area contributed by atoms with E-state index in [1.54, 1.807) is 7.11 Å². The smallest absolute Gasteiger partial charge is 0.326 e. The summed E-state index contributed by atoms with van der Waals surface area (Å²) in [5.41, 5.74) is -0.434. The van der Waals surface area contributed by atoms with Gasteiger partial charge in [0.15, 0.2) is 0 Å². The van der Waals surface area contributed by atoms with E-state index in [4.69, 9.17) is 14.6 Å². The van der Waals surface area contributed by atoms with Crippen LogP contribution in [0.1, 0.15) is 32.1 Å². The number of hydrogen-bond donors (Lipinski definition) is 2. The first-order valence-corrected chi connectivity index (χ1v) is 6.57. The molecule has 0 heterocycles. The molecule has 1 aliphatic rings. The Kier molecular flexibility index (Phi) is 6.24. The topological polar surface area (TPSA) is 84.9 Å². The maximum atomic E-state index is 12.3. The van der Waals surface area contributed by atoms with Crippen molar-refractivity contribution in [2.75, 3.05) is 27.4 Å².